The van der Waals surface area contributed by atoms with Crippen molar-refractivity contribution in [3.63, 3.8) is 0 Å². The van der Waals surface area contributed by atoms with Gasteiger partial charge in [-0.05, 0) is 49.3 Å². The standard InChI is InChI=1S/C47H54N4O11S3/c1-25(2)49-32-24-59-37(23-36(32)57-4)62-42-44(55)47(64-6,43(54)41-40-28(18-20-48-41)27-14-12-13-16-31(27)50-40)26(3)60-45(42)61-35-17-11-9-8-10-15-30-38(35)29(19-21-65(7)63)33(52)22-34(53)39(30)51-46(56)58-5/h8-9,12-14,16,18-20,25-26,32-33,35-38,42,44-45,49-50,52,55H,21-24H2,1-7H3,(H,51,56)/b9-8-,29-19-/t26?,32?,33-,35-,36?,37?,38?,42?,44?,45?,47?,65?/m0/s1. The Bertz CT molecular complexity index is 2550. The molecule has 18 heteroatoms. The number of hydrogen-bond donors (Lipinski definition) is 5. The van der Waals surface area contributed by atoms with Crippen molar-refractivity contribution in [3.8, 4) is 23.7 Å². The van der Waals surface area contributed by atoms with Crippen LogP contribution in [0, 0.1) is 29.6 Å². The largest absolute Gasteiger partial charge is 0.453 e. The highest BCUT2D eigenvalue weighted by atomic mass is 32.8. The summed E-state index contributed by atoms with van der Waals surface area (Å²) in [5.41, 5.74) is 1.67. The zero-order chi connectivity index (χ0) is 46.6. The maximum Gasteiger partial charge on any atom is 0.411 e. The molecule has 4 aliphatic rings. The summed E-state index contributed by atoms with van der Waals surface area (Å²) in [4.78, 5) is 49.9. The Morgan fingerprint density at radius 3 is 2.65 bits per heavy atom. The van der Waals surface area contributed by atoms with Gasteiger partial charge in [-0.15, -0.1) is 21.2 Å². The van der Waals surface area contributed by atoms with Crippen molar-refractivity contribution in [2.75, 3.05) is 39.1 Å². The number of methoxy groups -OCH3 is 2. The number of ketones is 2. The Labute approximate surface area is 389 Å². The first-order valence-corrected chi connectivity index (χ1v) is 25.2. The first-order valence-electron chi connectivity index (χ1n) is 21.2. The van der Waals surface area contributed by atoms with Crippen molar-refractivity contribution in [2.45, 2.75) is 99.6 Å². The highest BCUT2D eigenvalue weighted by Gasteiger charge is 2.61. The van der Waals surface area contributed by atoms with Gasteiger partial charge in [0.05, 0.1) is 55.2 Å². The number of pyridine rings is 1. The fourth-order valence-electron chi connectivity index (χ4n) is 8.93. The minimum Gasteiger partial charge on any atom is -0.453 e. The maximum atomic E-state index is 15.3. The molecule has 5 N–H and O–H groups in total. The molecule has 2 fully saturated rings. The van der Waals surface area contributed by atoms with Gasteiger partial charge in [0.1, 0.15) is 28.8 Å². The number of nitrogens with one attached hydrogen (secondary N) is 3. The number of rotatable bonds is 13. The second kappa shape index (κ2) is 21.1. The third kappa shape index (κ3) is 10.0. The van der Waals surface area contributed by atoms with Gasteiger partial charge in [0, 0.05) is 59.8 Å². The molecule has 4 heterocycles. The minimum absolute atomic E-state index is 0.102. The van der Waals surface area contributed by atoms with Crippen molar-refractivity contribution in [1.29, 1.82) is 0 Å². The lowest BCUT2D eigenvalue weighted by Crippen LogP contribution is -2.69. The number of para-hydroxylation sites is 1. The Hall–Kier alpha value is -4.28. The average Bonchev–Trinajstić information content (AvgIpc) is 3.67. The lowest BCUT2D eigenvalue weighted by Gasteiger charge is -2.51. The Balaban J connectivity index is 1.35. The highest BCUT2D eigenvalue weighted by Crippen LogP contribution is 2.46. The summed E-state index contributed by atoms with van der Waals surface area (Å²) in [6.45, 7) is 5.93. The molecule has 65 heavy (non-hydrogen) atoms. The summed E-state index contributed by atoms with van der Waals surface area (Å²) in [6, 6.07) is 9.49. The Morgan fingerprint density at radius 1 is 1.15 bits per heavy atom. The summed E-state index contributed by atoms with van der Waals surface area (Å²) in [7, 11) is 2.22. The number of thioether (sulfide) groups is 1. The van der Waals surface area contributed by atoms with Gasteiger partial charge in [-0.3, -0.25) is 19.9 Å². The van der Waals surface area contributed by atoms with E-state index < -0.39 is 87.3 Å². The van der Waals surface area contributed by atoms with Crippen molar-refractivity contribution < 1.29 is 53.0 Å². The van der Waals surface area contributed by atoms with Crippen LogP contribution in [0.1, 0.15) is 44.1 Å². The zero-order valence-electron chi connectivity index (χ0n) is 37.1. The molecule has 0 spiro atoms. The van der Waals surface area contributed by atoms with E-state index in [1.807, 2.05) is 50.4 Å². The summed E-state index contributed by atoms with van der Waals surface area (Å²) in [5.74, 6) is 10.2. The number of hydrogen-bond acceptors (Lipinski definition) is 15. The number of carbonyl (C=O) groups excluding carboxylic acids is 3. The number of allylic oxidation sites excluding steroid dienone is 3. The second-order valence-corrected chi connectivity index (χ2v) is 20.7. The van der Waals surface area contributed by atoms with Crippen molar-refractivity contribution >= 4 is 71.9 Å². The number of aromatic nitrogens is 2. The monoisotopic (exact) mass is 946 g/mol. The molecule has 2 aromatic heterocycles. The number of fused-ring (bicyclic) bond motifs is 4. The van der Waals surface area contributed by atoms with Gasteiger partial charge in [0.25, 0.3) is 0 Å². The lowest BCUT2D eigenvalue weighted by molar-refractivity contribution is -0.326. The molecule has 2 aliphatic carbocycles. The van der Waals surface area contributed by atoms with E-state index in [-0.39, 0.29) is 48.2 Å². The molecule has 1 aromatic carbocycles. The molecule has 12 atom stereocenters. The zero-order valence-corrected chi connectivity index (χ0v) is 39.6. The van der Waals surface area contributed by atoms with Crippen molar-refractivity contribution in [1.82, 2.24) is 20.6 Å². The number of nitrogens with zero attached hydrogens (tertiary/aromatic N) is 1. The number of amides is 1. The van der Waals surface area contributed by atoms with Crippen LogP contribution in [0.3, 0.4) is 0 Å². The van der Waals surface area contributed by atoms with Gasteiger partial charge in [-0.25, -0.2) is 4.79 Å². The third-order valence-corrected chi connectivity index (χ3v) is 14.5. The van der Waals surface area contributed by atoms with Gasteiger partial charge >= 0.3 is 6.09 Å². The molecule has 15 nitrogen and oxygen atoms in total. The van der Waals surface area contributed by atoms with Crippen LogP contribution >= 0.6 is 11.8 Å². The topological polar surface area (TPSA) is 200 Å². The SMILES string of the molecule is COC(=O)NC1=C2C#C/C=C\C#C[C@H](OC3OC(C)C(SC)(C(=O)c4nccc5c4[nH]c4ccccc45)C(O)C3OC3CC(OC)C(NC(C)C)CO3)C2/C(=C\CS(C)=S)[C@@H](O)CC1=O. The van der Waals surface area contributed by atoms with Crippen LogP contribution < -0.4 is 10.6 Å². The quantitative estimate of drug-likeness (QED) is 0.0942. The highest BCUT2D eigenvalue weighted by molar-refractivity contribution is 8.28. The number of ether oxygens (including phenoxy) is 6. The number of carbonyl (C=O) groups is 3. The molecular weight excluding hydrogens is 893 g/mol. The normalized spacial score (nSPS) is 32.0. The van der Waals surface area contributed by atoms with Crippen LogP contribution in [0.2, 0.25) is 0 Å². The van der Waals surface area contributed by atoms with Crippen LogP contribution in [0.4, 0.5) is 4.79 Å². The Kier molecular flexibility index (Phi) is 15.8. The van der Waals surface area contributed by atoms with E-state index >= 15 is 4.79 Å². The molecule has 7 rings (SSSR count). The number of aromatic amines is 1. The molecule has 0 radical (unpaired) electrons. The number of H-pyrrole nitrogens is 1. The van der Waals surface area contributed by atoms with Gasteiger partial charge < -0.3 is 48.9 Å². The molecule has 2 aliphatic heterocycles. The van der Waals surface area contributed by atoms with Crippen LogP contribution in [-0.2, 0) is 53.9 Å². The third-order valence-electron chi connectivity index (χ3n) is 12.0. The molecule has 346 valence electrons. The minimum atomic E-state index is -1.72. The van der Waals surface area contributed by atoms with E-state index in [0.29, 0.717) is 16.8 Å². The van der Waals surface area contributed by atoms with Crippen LogP contribution in [0.25, 0.3) is 21.8 Å². The van der Waals surface area contributed by atoms with Crippen LogP contribution in [0.5, 0.6) is 0 Å². The molecular formula is C47H54N4O11S3. The van der Waals surface area contributed by atoms with Gasteiger partial charge in [-0.1, -0.05) is 73.0 Å². The summed E-state index contributed by atoms with van der Waals surface area (Å²) in [5, 5.41) is 32.4. The van der Waals surface area contributed by atoms with E-state index in [4.69, 9.17) is 39.6 Å². The van der Waals surface area contributed by atoms with Crippen LogP contribution in [-0.4, -0.2) is 143 Å². The molecule has 1 amide bonds. The molecule has 0 saturated carbocycles. The van der Waals surface area contributed by atoms with Crippen molar-refractivity contribution in [2.24, 2.45) is 5.92 Å². The fraction of sp³-hybridized carbons (Fsp3) is 0.489. The first kappa shape index (κ1) is 48.6. The van der Waals surface area contributed by atoms with Crippen LogP contribution in [0.15, 0.2) is 71.6 Å². The van der Waals surface area contributed by atoms with E-state index in [2.05, 4.69) is 44.3 Å². The van der Waals surface area contributed by atoms with Crippen molar-refractivity contribution in [3.05, 3.63) is 77.3 Å². The van der Waals surface area contributed by atoms with Gasteiger partial charge in [0.15, 0.2) is 18.4 Å². The average molecular weight is 947 g/mol. The van der Waals surface area contributed by atoms with Gasteiger partial charge in [0.2, 0.25) is 5.78 Å². The number of Topliss-reactive ketones (excluding diaryl/α,β-unsaturated/α-hetero) is 2. The van der Waals surface area contributed by atoms with E-state index in [9.17, 15) is 19.8 Å². The number of aliphatic hydroxyl groups excluding tert-OH is 2. The number of benzene rings is 1. The fourth-order valence-corrected chi connectivity index (χ4v) is 10.6. The van der Waals surface area contributed by atoms with E-state index in [1.54, 1.807) is 32.6 Å². The number of alkyl carbamates (subject to hydrolysis) is 1. The first-order chi connectivity index (χ1) is 31.2. The second-order valence-electron chi connectivity index (χ2n) is 16.4. The number of aliphatic hydroxyl groups is 2. The summed E-state index contributed by atoms with van der Waals surface area (Å²) in [6.07, 6.45) is -0.735. The predicted molar refractivity (Wildman–Crippen MR) is 251 cm³/mol. The summed E-state index contributed by atoms with van der Waals surface area (Å²) < 4.78 is 35.8. The maximum absolute atomic E-state index is 15.3. The Morgan fingerprint density at radius 2 is 1.92 bits per heavy atom. The molecule has 2 saturated heterocycles. The molecule has 10 unspecified atom stereocenters. The van der Waals surface area contributed by atoms with Gasteiger partial charge in [-0.2, -0.15) is 0 Å². The predicted octanol–water partition coefficient (Wildman–Crippen LogP) is 3.78. The molecule has 3 aromatic rings. The van der Waals surface area contributed by atoms with E-state index in [0.717, 1.165) is 35.2 Å². The van der Waals surface area contributed by atoms with E-state index in [1.165, 1.54) is 12.2 Å². The molecule has 0 bridgehead atoms. The lowest BCUT2D eigenvalue weighted by atomic mass is 9.82. The summed E-state index contributed by atoms with van der Waals surface area (Å²) >= 11 is 6.65. The smallest absolute Gasteiger partial charge is 0.411 e.